The van der Waals surface area contributed by atoms with Crippen molar-refractivity contribution < 1.29 is 9.21 Å². The summed E-state index contributed by atoms with van der Waals surface area (Å²) in [6, 6.07) is 10.5. The van der Waals surface area contributed by atoms with Gasteiger partial charge < -0.3 is 15.1 Å². The molecule has 1 heterocycles. The molecule has 0 spiro atoms. The highest BCUT2D eigenvalue weighted by molar-refractivity contribution is 7.80. The van der Waals surface area contributed by atoms with E-state index in [0.717, 1.165) is 0 Å². The first-order valence-corrected chi connectivity index (χ1v) is 8.04. The van der Waals surface area contributed by atoms with Gasteiger partial charge in [0.05, 0.1) is 15.6 Å². The fraction of sp³-hybridized carbons (Fsp3) is 0.0625. The zero-order chi connectivity index (χ0) is 17.3. The SMILES string of the molecule is CC(=O)NC(=S)Nc1ccc2oc(-c3cccc(Cl)c3Cl)nc2c1. The minimum atomic E-state index is -0.243. The zero-order valence-electron chi connectivity index (χ0n) is 12.4. The van der Waals surface area contributed by atoms with E-state index in [0.29, 0.717) is 38.3 Å². The van der Waals surface area contributed by atoms with Gasteiger partial charge >= 0.3 is 0 Å². The van der Waals surface area contributed by atoms with Gasteiger partial charge in [-0.3, -0.25) is 4.79 Å². The van der Waals surface area contributed by atoms with E-state index in [1.54, 1.807) is 36.4 Å². The molecule has 1 amide bonds. The van der Waals surface area contributed by atoms with Gasteiger partial charge in [0.2, 0.25) is 11.8 Å². The highest BCUT2D eigenvalue weighted by Crippen LogP contribution is 2.34. The minimum Gasteiger partial charge on any atom is -0.436 e. The van der Waals surface area contributed by atoms with E-state index < -0.39 is 0 Å². The van der Waals surface area contributed by atoms with E-state index >= 15 is 0 Å². The van der Waals surface area contributed by atoms with E-state index in [1.807, 2.05) is 0 Å². The summed E-state index contributed by atoms with van der Waals surface area (Å²) in [6.07, 6.45) is 0. The number of hydrogen-bond acceptors (Lipinski definition) is 4. The van der Waals surface area contributed by atoms with Gasteiger partial charge in [-0.05, 0) is 42.5 Å². The number of halogens is 2. The lowest BCUT2D eigenvalue weighted by atomic mass is 10.2. The summed E-state index contributed by atoms with van der Waals surface area (Å²) in [5, 5.41) is 6.42. The van der Waals surface area contributed by atoms with Gasteiger partial charge in [-0.1, -0.05) is 29.3 Å². The number of nitrogens with zero attached hydrogens (tertiary/aromatic N) is 1. The summed E-state index contributed by atoms with van der Waals surface area (Å²) in [7, 11) is 0. The Bertz CT molecular complexity index is 956. The van der Waals surface area contributed by atoms with Crippen LogP contribution in [0.3, 0.4) is 0 Å². The lowest BCUT2D eigenvalue weighted by Crippen LogP contribution is -2.32. The molecule has 0 saturated heterocycles. The maximum Gasteiger partial charge on any atom is 0.228 e. The Balaban J connectivity index is 1.93. The number of aromatic nitrogens is 1. The van der Waals surface area contributed by atoms with Gasteiger partial charge in [0.25, 0.3) is 0 Å². The number of carbonyl (C=O) groups is 1. The molecule has 0 aliphatic carbocycles. The molecule has 8 heteroatoms. The number of nitrogens with one attached hydrogen (secondary N) is 2. The minimum absolute atomic E-state index is 0.212. The van der Waals surface area contributed by atoms with Crippen LogP contribution in [0.5, 0.6) is 0 Å². The number of benzene rings is 2. The topological polar surface area (TPSA) is 67.2 Å². The van der Waals surface area contributed by atoms with Crippen LogP contribution in [0, 0.1) is 0 Å². The third-order valence-corrected chi connectivity index (χ3v) is 4.14. The number of carbonyl (C=O) groups excluding carboxylic acids is 1. The van der Waals surface area contributed by atoms with E-state index in [1.165, 1.54) is 6.92 Å². The first-order chi connectivity index (χ1) is 11.4. The Morgan fingerprint density at radius 2 is 2.04 bits per heavy atom. The van der Waals surface area contributed by atoms with Crippen molar-refractivity contribution in [3.63, 3.8) is 0 Å². The monoisotopic (exact) mass is 379 g/mol. The average Bonchev–Trinajstić information content (AvgIpc) is 2.92. The standard InChI is InChI=1S/C16H11Cl2N3O2S/c1-8(22)19-16(24)20-9-5-6-13-12(7-9)21-15(23-13)10-3-2-4-11(17)14(10)18/h2-7H,1H3,(H2,19,20,22,24). The molecule has 0 saturated carbocycles. The second-order valence-electron chi connectivity index (χ2n) is 4.94. The summed E-state index contributed by atoms with van der Waals surface area (Å²) in [4.78, 5) is 15.4. The first kappa shape index (κ1) is 16.7. The molecule has 0 aliphatic heterocycles. The second-order valence-corrected chi connectivity index (χ2v) is 6.13. The summed E-state index contributed by atoms with van der Waals surface area (Å²) < 4.78 is 5.73. The lowest BCUT2D eigenvalue weighted by Gasteiger charge is -2.07. The summed E-state index contributed by atoms with van der Waals surface area (Å²) in [5.41, 5.74) is 2.51. The largest absolute Gasteiger partial charge is 0.436 e. The molecule has 2 N–H and O–H groups in total. The second kappa shape index (κ2) is 6.76. The molecular weight excluding hydrogens is 369 g/mol. The molecule has 3 rings (SSSR count). The van der Waals surface area contributed by atoms with Crippen molar-refractivity contribution >= 4 is 63.2 Å². The van der Waals surface area contributed by atoms with Gasteiger partial charge in [-0.25, -0.2) is 4.98 Å². The van der Waals surface area contributed by atoms with Crippen LogP contribution in [0.4, 0.5) is 5.69 Å². The van der Waals surface area contributed by atoms with E-state index in [4.69, 9.17) is 39.8 Å². The predicted molar refractivity (Wildman–Crippen MR) is 99.5 cm³/mol. The maximum atomic E-state index is 11.0. The van der Waals surface area contributed by atoms with Crippen molar-refractivity contribution in [2.24, 2.45) is 0 Å². The van der Waals surface area contributed by atoms with Gasteiger partial charge in [-0.15, -0.1) is 0 Å². The Morgan fingerprint density at radius 1 is 1.25 bits per heavy atom. The molecule has 2 aromatic carbocycles. The molecule has 3 aromatic rings. The highest BCUT2D eigenvalue weighted by Gasteiger charge is 2.14. The quantitative estimate of drug-likeness (QED) is 0.635. The molecule has 24 heavy (non-hydrogen) atoms. The molecule has 0 atom stereocenters. The van der Waals surface area contributed by atoms with Crippen LogP contribution in [0.25, 0.3) is 22.6 Å². The summed E-state index contributed by atoms with van der Waals surface area (Å²) >= 11 is 17.3. The molecule has 5 nitrogen and oxygen atoms in total. The van der Waals surface area contributed by atoms with Crippen molar-refractivity contribution in [3.05, 3.63) is 46.4 Å². The third-order valence-electron chi connectivity index (χ3n) is 3.12. The van der Waals surface area contributed by atoms with Crippen LogP contribution in [0.15, 0.2) is 40.8 Å². The van der Waals surface area contributed by atoms with Crippen molar-refractivity contribution in [3.8, 4) is 11.5 Å². The summed E-state index contributed by atoms with van der Waals surface area (Å²) in [5.74, 6) is 0.131. The van der Waals surface area contributed by atoms with Crippen LogP contribution in [-0.2, 0) is 4.79 Å². The fourth-order valence-corrected chi connectivity index (χ4v) is 2.75. The van der Waals surface area contributed by atoms with E-state index in [9.17, 15) is 4.79 Å². The zero-order valence-corrected chi connectivity index (χ0v) is 14.7. The smallest absolute Gasteiger partial charge is 0.228 e. The van der Waals surface area contributed by atoms with Gasteiger partial charge in [0.1, 0.15) is 5.52 Å². The Hall–Kier alpha value is -2.15. The molecule has 0 unspecified atom stereocenters. The third kappa shape index (κ3) is 3.51. The Labute approximate surface area is 153 Å². The fourth-order valence-electron chi connectivity index (χ4n) is 2.11. The number of anilines is 1. The van der Waals surface area contributed by atoms with E-state index in [-0.39, 0.29) is 11.0 Å². The maximum absolute atomic E-state index is 11.0. The van der Waals surface area contributed by atoms with Crippen LogP contribution in [0.2, 0.25) is 10.0 Å². The molecular formula is C16H11Cl2N3O2S. The van der Waals surface area contributed by atoms with Crippen LogP contribution in [-0.4, -0.2) is 16.0 Å². The lowest BCUT2D eigenvalue weighted by molar-refractivity contribution is -0.117. The van der Waals surface area contributed by atoms with Gasteiger partial charge in [0.15, 0.2) is 10.7 Å². The van der Waals surface area contributed by atoms with Gasteiger partial charge in [0, 0.05) is 12.6 Å². The number of hydrogen-bond donors (Lipinski definition) is 2. The predicted octanol–water partition coefficient (Wildman–Crippen LogP) is 4.63. The Morgan fingerprint density at radius 3 is 2.79 bits per heavy atom. The van der Waals surface area contributed by atoms with E-state index in [2.05, 4.69) is 15.6 Å². The summed E-state index contributed by atoms with van der Waals surface area (Å²) in [6.45, 7) is 1.38. The number of oxazole rings is 1. The first-order valence-electron chi connectivity index (χ1n) is 6.87. The van der Waals surface area contributed by atoms with Crippen LogP contribution >= 0.6 is 35.4 Å². The Kier molecular flexibility index (Phi) is 4.71. The number of fused-ring (bicyclic) bond motifs is 1. The van der Waals surface area contributed by atoms with Crippen molar-refractivity contribution in [1.29, 1.82) is 0 Å². The number of amides is 1. The molecule has 122 valence electrons. The van der Waals surface area contributed by atoms with Crippen LogP contribution in [0.1, 0.15) is 6.92 Å². The van der Waals surface area contributed by atoms with Crippen molar-refractivity contribution in [2.45, 2.75) is 6.92 Å². The average molecular weight is 380 g/mol. The molecule has 1 aromatic heterocycles. The number of rotatable bonds is 2. The van der Waals surface area contributed by atoms with Crippen molar-refractivity contribution in [2.75, 3.05) is 5.32 Å². The number of thiocarbonyl (C=S) groups is 1. The molecule has 0 aliphatic rings. The molecule has 0 bridgehead atoms. The van der Waals surface area contributed by atoms with Crippen molar-refractivity contribution in [1.82, 2.24) is 10.3 Å². The molecule has 0 radical (unpaired) electrons. The highest BCUT2D eigenvalue weighted by atomic mass is 35.5. The normalized spacial score (nSPS) is 10.6. The van der Waals surface area contributed by atoms with Crippen LogP contribution < -0.4 is 10.6 Å². The van der Waals surface area contributed by atoms with Gasteiger partial charge in [-0.2, -0.15) is 0 Å². The molecule has 0 fully saturated rings.